The number of hydrogen-bond acceptors (Lipinski definition) is 4. The molecule has 1 saturated heterocycles. The molecule has 2 heterocycles. The molecule has 0 radical (unpaired) electrons. The van der Waals surface area contributed by atoms with Crippen LogP contribution in [-0.2, 0) is 11.4 Å². The minimum atomic E-state index is -0.832. The van der Waals surface area contributed by atoms with Gasteiger partial charge in [-0.1, -0.05) is 48.0 Å². The normalized spacial score (nSPS) is 15.3. The fourth-order valence-corrected chi connectivity index (χ4v) is 5.05. The van der Waals surface area contributed by atoms with Gasteiger partial charge >= 0.3 is 5.97 Å². The number of fused-ring (bicyclic) bond motifs is 1. The number of nitrogens with one attached hydrogen (secondary N) is 1. The first-order valence-corrected chi connectivity index (χ1v) is 12.1. The van der Waals surface area contributed by atoms with E-state index in [2.05, 4.69) is 46.8 Å². The van der Waals surface area contributed by atoms with E-state index >= 15 is 0 Å². The Bertz CT molecular complexity index is 1320. The lowest BCUT2D eigenvalue weighted by Gasteiger charge is -2.39. The number of rotatable bonds is 7. The van der Waals surface area contributed by atoms with Crippen molar-refractivity contribution in [1.29, 1.82) is 0 Å². The molecule has 0 spiro atoms. The van der Waals surface area contributed by atoms with Gasteiger partial charge in [-0.25, -0.2) is 0 Å². The smallest absolute Gasteiger partial charge is 0.325 e. The van der Waals surface area contributed by atoms with Gasteiger partial charge in [0.25, 0.3) is 0 Å². The van der Waals surface area contributed by atoms with Crippen molar-refractivity contribution in [2.75, 3.05) is 31.1 Å². The van der Waals surface area contributed by atoms with Crippen molar-refractivity contribution < 1.29 is 14.6 Å². The number of benzene rings is 3. The van der Waals surface area contributed by atoms with Gasteiger partial charge in [0.2, 0.25) is 0 Å². The van der Waals surface area contributed by atoms with Crippen LogP contribution in [0.15, 0.2) is 72.9 Å². The zero-order valence-corrected chi connectivity index (χ0v) is 20.2. The van der Waals surface area contributed by atoms with Gasteiger partial charge in [0, 0.05) is 54.5 Å². The zero-order valence-electron chi connectivity index (χ0n) is 20.2. The lowest BCUT2D eigenvalue weighted by molar-refractivity contribution is -0.143. The lowest BCUT2D eigenvalue weighted by Crippen LogP contribution is -2.49. The molecule has 0 unspecified atom stereocenters. The lowest BCUT2D eigenvalue weighted by atomic mass is 10.0. The number of carboxylic acids is 1. The van der Waals surface area contributed by atoms with E-state index in [0.29, 0.717) is 19.7 Å². The molecule has 0 bridgehead atoms. The van der Waals surface area contributed by atoms with Crippen molar-refractivity contribution in [3.8, 4) is 5.75 Å². The Morgan fingerprint density at radius 2 is 1.77 bits per heavy atom. The Hall–Kier alpha value is -3.77. The summed E-state index contributed by atoms with van der Waals surface area (Å²) >= 11 is 0. The first-order chi connectivity index (χ1) is 17.0. The van der Waals surface area contributed by atoms with E-state index in [1.165, 1.54) is 16.8 Å². The predicted octanol–water partition coefficient (Wildman–Crippen LogP) is 5.31. The van der Waals surface area contributed by atoms with E-state index in [4.69, 9.17) is 4.74 Å². The maximum absolute atomic E-state index is 12.5. The monoisotopic (exact) mass is 469 g/mol. The summed E-state index contributed by atoms with van der Waals surface area (Å²) in [4.78, 5) is 20.2. The number of carbonyl (C=O) groups is 1. The molecule has 1 aliphatic rings. The van der Waals surface area contributed by atoms with E-state index in [1.54, 1.807) is 0 Å². The molecule has 2 N–H and O–H groups in total. The van der Waals surface area contributed by atoms with Crippen LogP contribution in [0.25, 0.3) is 10.9 Å². The summed E-state index contributed by atoms with van der Waals surface area (Å²) < 4.78 is 6.01. The minimum Gasteiger partial charge on any atom is -0.489 e. The van der Waals surface area contributed by atoms with Crippen molar-refractivity contribution in [1.82, 2.24) is 9.88 Å². The number of aliphatic carboxylic acids is 1. The Labute approximate surface area is 205 Å². The number of hydrogen-bond donors (Lipinski definition) is 2. The van der Waals surface area contributed by atoms with Gasteiger partial charge in [0.15, 0.2) is 0 Å². The second-order valence-corrected chi connectivity index (χ2v) is 9.28. The first kappa shape index (κ1) is 23.0. The molecule has 180 valence electrons. The van der Waals surface area contributed by atoms with Gasteiger partial charge in [-0.05, 0) is 49.2 Å². The maximum atomic E-state index is 12.5. The largest absolute Gasteiger partial charge is 0.489 e. The molecule has 1 fully saturated rings. The molecule has 1 aliphatic heterocycles. The van der Waals surface area contributed by atoms with Gasteiger partial charge in [0.1, 0.15) is 18.4 Å². The summed E-state index contributed by atoms with van der Waals surface area (Å²) in [5.74, 6) is -0.104. The van der Waals surface area contributed by atoms with Crippen molar-refractivity contribution >= 4 is 22.6 Å². The third-order valence-corrected chi connectivity index (χ3v) is 6.83. The number of anilines is 1. The Kier molecular flexibility index (Phi) is 6.47. The highest BCUT2D eigenvalue weighted by Gasteiger charge is 2.32. The van der Waals surface area contributed by atoms with E-state index in [0.717, 1.165) is 40.9 Å². The van der Waals surface area contributed by atoms with Crippen LogP contribution < -0.4 is 9.64 Å². The highest BCUT2D eigenvalue weighted by Crippen LogP contribution is 2.33. The molecule has 4 aromatic rings. The van der Waals surface area contributed by atoms with Crippen LogP contribution in [0.1, 0.15) is 28.3 Å². The van der Waals surface area contributed by atoms with Gasteiger partial charge < -0.3 is 19.7 Å². The number of aromatic amines is 1. The number of aryl methyl sites for hydroxylation is 2. The predicted molar refractivity (Wildman–Crippen MR) is 139 cm³/mol. The fraction of sp³-hybridized carbons (Fsp3) is 0.276. The number of aromatic nitrogens is 1. The zero-order chi connectivity index (χ0) is 24.4. The van der Waals surface area contributed by atoms with Crippen LogP contribution >= 0.6 is 0 Å². The molecule has 5 rings (SSSR count). The van der Waals surface area contributed by atoms with E-state index in [9.17, 15) is 9.90 Å². The SMILES string of the molecule is Cc1ccc(N2CCN([C@H](C(=O)O)c3c[nH]c4ccc(OCc5ccccc5)cc34)CC2)c(C)c1. The molecule has 6 nitrogen and oxygen atoms in total. The van der Waals surface area contributed by atoms with Gasteiger partial charge in [-0.15, -0.1) is 0 Å². The summed E-state index contributed by atoms with van der Waals surface area (Å²) in [6, 6.07) is 21.6. The average Bonchev–Trinajstić information content (AvgIpc) is 3.27. The number of nitrogens with zero attached hydrogens (tertiary/aromatic N) is 2. The molecule has 3 aromatic carbocycles. The highest BCUT2D eigenvalue weighted by molar-refractivity contribution is 5.90. The Balaban J connectivity index is 1.34. The molecule has 0 saturated carbocycles. The van der Waals surface area contributed by atoms with E-state index < -0.39 is 12.0 Å². The van der Waals surface area contributed by atoms with Crippen LogP contribution in [-0.4, -0.2) is 47.1 Å². The standard InChI is InChI=1S/C29H31N3O3/c1-20-8-11-27(21(2)16-20)31-12-14-32(15-13-31)28(29(33)34)25-18-30-26-10-9-23(17-24(25)26)35-19-22-6-4-3-5-7-22/h3-11,16-18,28,30H,12-15,19H2,1-2H3,(H,33,34)/t28-/m0/s1. The summed E-state index contributed by atoms with van der Waals surface area (Å²) in [6.45, 7) is 7.66. The quantitative estimate of drug-likeness (QED) is 0.384. The van der Waals surface area contributed by atoms with Crippen molar-refractivity contribution in [3.63, 3.8) is 0 Å². The van der Waals surface area contributed by atoms with Crippen LogP contribution in [0, 0.1) is 13.8 Å². The molecule has 1 aromatic heterocycles. The second-order valence-electron chi connectivity index (χ2n) is 9.28. The van der Waals surface area contributed by atoms with E-state index in [1.807, 2.05) is 54.7 Å². The van der Waals surface area contributed by atoms with Crippen LogP contribution in [0.3, 0.4) is 0 Å². The average molecular weight is 470 g/mol. The van der Waals surface area contributed by atoms with Crippen molar-refractivity contribution in [3.05, 3.63) is 95.2 Å². The molecule has 0 amide bonds. The summed E-state index contributed by atoms with van der Waals surface area (Å²) in [5.41, 5.74) is 6.52. The molecule has 0 aliphatic carbocycles. The van der Waals surface area contributed by atoms with E-state index in [-0.39, 0.29) is 0 Å². The molecule has 35 heavy (non-hydrogen) atoms. The molecule has 1 atom stereocenters. The summed E-state index contributed by atoms with van der Waals surface area (Å²) in [6.07, 6.45) is 1.83. The van der Waals surface area contributed by atoms with Crippen molar-refractivity contribution in [2.24, 2.45) is 0 Å². The second kappa shape index (κ2) is 9.84. The summed E-state index contributed by atoms with van der Waals surface area (Å²) in [7, 11) is 0. The van der Waals surface area contributed by atoms with Gasteiger partial charge in [-0.2, -0.15) is 0 Å². The molecular formula is C29H31N3O3. The third kappa shape index (κ3) is 4.88. The topological polar surface area (TPSA) is 68.8 Å². The Morgan fingerprint density at radius 3 is 2.49 bits per heavy atom. The fourth-order valence-electron chi connectivity index (χ4n) is 5.05. The maximum Gasteiger partial charge on any atom is 0.325 e. The minimum absolute atomic E-state index is 0.467. The van der Waals surface area contributed by atoms with Crippen LogP contribution in [0.4, 0.5) is 5.69 Å². The summed E-state index contributed by atoms with van der Waals surface area (Å²) in [5, 5.41) is 11.1. The number of ether oxygens (including phenoxy) is 1. The highest BCUT2D eigenvalue weighted by atomic mass is 16.5. The van der Waals surface area contributed by atoms with Crippen LogP contribution in [0.2, 0.25) is 0 Å². The third-order valence-electron chi connectivity index (χ3n) is 6.83. The van der Waals surface area contributed by atoms with Gasteiger partial charge in [0.05, 0.1) is 0 Å². The number of piperazine rings is 1. The first-order valence-electron chi connectivity index (χ1n) is 12.1. The number of carboxylic acid groups (broad SMARTS) is 1. The molecule has 6 heteroatoms. The number of H-pyrrole nitrogens is 1. The van der Waals surface area contributed by atoms with Crippen LogP contribution in [0.5, 0.6) is 5.75 Å². The van der Waals surface area contributed by atoms with Gasteiger partial charge in [-0.3, -0.25) is 9.69 Å². The van der Waals surface area contributed by atoms with Crippen molar-refractivity contribution in [2.45, 2.75) is 26.5 Å². The molecular weight excluding hydrogens is 438 g/mol. The Morgan fingerprint density at radius 1 is 1.00 bits per heavy atom.